The van der Waals surface area contributed by atoms with Crippen molar-refractivity contribution in [1.29, 1.82) is 0 Å². The van der Waals surface area contributed by atoms with E-state index < -0.39 is 0 Å². The second kappa shape index (κ2) is 3.05. The smallest absolute Gasteiger partial charge is 0.230 e. The Hall–Kier alpha value is -0.830. The number of nitrogens with zero attached hydrogens (tertiary/aromatic N) is 1. The molecule has 0 bridgehead atoms. The fraction of sp³-hybridized carbons (Fsp3) is 0.625. The summed E-state index contributed by atoms with van der Waals surface area (Å²) in [6.07, 6.45) is 0.524. The topological polar surface area (TPSA) is 46.3 Å². The molecule has 0 radical (unpaired) electrons. The van der Waals surface area contributed by atoms with Crippen LogP contribution in [0.15, 0.2) is 11.3 Å². The van der Waals surface area contributed by atoms with Gasteiger partial charge in [0.2, 0.25) is 5.91 Å². The minimum Gasteiger partial charge on any atom is -0.327 e. The van der Waals surface area contributed by atoms with Crippen molar-refractivity contribution in [1.82, 2.24) is 4.90 Å². The molecule has 1 heterocycles. The Morgan fingerprint density at radius 1 is 1.64 bits per heavy atom. The Labute approximate surface area is 66.9 Å². The van der Waals surface area contributed by atoms with E-state index in [0.717, 1.165) is 17.8 Å². The predicted molar refractivity (Wildman–Crippen MR) is 43.8 cm³/mol. The third-order valence-electron chi connectivity index (χ3n) is 2.14. The Morgan fingerprint density at radius 3 is 2.55 bits per heavy atom. The molecule has 0 aromatic rings. The lowest BCUT2D eigenvalue weighted by Crippen LogP contribution is -2.23. The highest BCUT2D eigenvalue weighted by Gasteiger charge is 2.24. The monoisotopic (exact) mass is 154 g/mol. The zero-order chi connectivity index (χ0) is 8.43. The summed E-state index contributed by atoms with van der Waals surface area (Å²) in [5, 5.41) is 0. The molecule has 0 aliphatic carbocycles. The van der Waals surface area contributed by atoms with Crippen LogP contribution < -0.4 is 5.73 Å². The van der Waals surface area contributed by atoms with Crippen LogP contribution in [-0.4, -0.2) is 23.9 Å². The van der Waals surface area contributed by atoms with Gasteiger partial charge in [-0.3, -0.25) is 4.79 Å². The Balaban J connectivity index is 2.82. The van der Waals surface area contributed by atoms with E-state index in [0.29, 0.717) is 13.0 Å². The average Bonchev–Trinajstić information content (AvgIpc) is 2.26. The molecule has 0 saturated carbocycles. The number of carbonyl (C=O) groups excluding carboxylic acids is 1. The molecule has 0 saturated heterocycles. The molecular weight excluding hydrogens is 140 g/mol. The summed E-state index contributed by atoms with van der Waals surface area (Å²) in [5.41, 5.74) is 7.60. The normalized spacial score (nSPS) is 18.5. The summed E-state index contributed by atoms with van der Waals surface area (Å²) in [6.45, 7) is 5.19. The number of hydrogen-bond donors (Lipinski definition) is 1. The lowest BCUT2D eigenvalue weighted by atomic mass is 10.2. The van der Waals surface area contributed by atoms with Gasteiger partial charge in [-0.05, 0) is 19.4 Å². The second-order valence-corrected chi connectivity index (χ2v) is 2.71. The van der Waals surface area contributed by atoms with Gasteiger partial charge in [0.15, 0.2) is 0 Å². The molecule has 62 valence electrons. The molecule has 2 N–H and O–H groups in total. The summed E-state index contributed by atoms with van der Waals surface area (Å²) in [4.78, 5) is 13.0. The van der Waals surface area contributed by atoms with Gasteiger partial charge in [0.1, 0.15) is 0 Å². The molecule has 3 heteroatoms. The molecule has 1 amide bonds. The third kappa shape index (κ3) is 1.28. The highest BCUT2D eigenvalue weighted by atomic mass is 16.2. The molecule has 11 heavy (non-hydrogen) atoms. The van der Waals surface area contributed by atoms with Crippen molar-refractivity contribution in [2.75, 3.05) is 13.1 Å². The third-order valence-corrected chi connectivity index (χ3v) is 2.14. The number of allylic oxidation sites excluding steroid dienone is 1. The van der Waals surface area contributed by atoms with Crippen LogP contribution in [0.5, 0.6) is 0 Å². The number of carbonyl (C=O) groups is 1. The van der Waals surface area contributed by atoms with Gasteiger partial charge in [0.25, 0.3) is 0 Å². The number of amides is 1. The fourth-order valence-corrected chi connectivity index (χ4v) is 1.42. The molecule has 1 aliphatic heterocycles. The van der Waals surface area contributed by atoms with E-state index in [1.54, 1.807) is 4.90 Å². The standard InChI is InChI=1S/C8H14N2O/c1-3-10-6(2)7(5-9)4-8(10)11/h3-5,9H2,1-2H3. The van der Waals surface area contributed by atoms with Crippen LogP contribution in [0.2, 0.25) is 0 Å². The van der Waals surface area contributed by atoms with Gasteiger partial charge < -0.3 is 10.6 Å². The maximum Gasteiger partial charge on any atom is 0.230 e. The van der Waals surface area contributed by atoms with Crippen LogP contribution in [0.25, 0.3) is 0 Å². The van der Waals surface area contributed by atoms with Crippen molar-refractivity contribution >= 4 is 5.91 Å². The van der Waals surface area contributed by atoms with E-state index in [9.17, 15) is 4.79 Å². The van der Waals surface area contributed by atoms with Gasteiger partial charge in [-0.2, -0.15) is 0 Å². The first-order valence-corrected chi connectivity index (χ1v) is 3.89. The van der Waals surface area contributed by atoms with Gasteiger partial charge in [-0.25, -0.2) is 0 Å². The van der Waals surface area contributed by atoms with Crippen molar-refractivity contribution in [3.8, 4) is 0 Å². The maximum absolute atomic E-state index is 11.2. The first kappa shape index (κ1) is 8.27. The first-order chi connectivity index (χ1) is 5.20. The largest absolute Gasteiger partial charge is 0.327 e. The molecule has 0 fully saturated rings. The van der Waals surface area contributed by atoms with E-state index in [2.05, 4.69) is 0 Å². The summed E-state index contributed by atoms with van der Waals surface area (Å²) >= 11 is 0. The maximum atomic E-state index is 11.2. The molecule has 1 aliphatic rings. The van der Waals surface area contributed by atoms with Gasteiger partial charge in [-0.15, -0.1) is 0 Å². The van der Waals surface area contributed by atoms with E-state index in [1.807, 2.05) is 13.8 Å². The average molecular weight is 154 g/mol. The van der Waals surface area contributed by atoms with Gasteiger partial charge in [0, 0.05) is 18.8 Å². The zero-order valence-corrected chi connectivity index (χ0v) is 7.05. The highest BCUT2D eigenvalue weighted by Crippen LogP contribution is 2.21. The van der Waals surface area contributed by atoms with Crippen molar-refractivity contribution in [2.24, 2.45) is 5.73 Å². The summed E-state index contributed by atoms with van der Waals surface area (Å²) in [6, 6.07) is 0. The van der Waals surface area contributed by atoms with Gasteiger partial charge >= 0.3 is 0 Å². The zero-order valence-electron chi connectivity index (χ0n) is 7.05. The number of nitrogens with two attached hydrogens (primary N) is 1. The molecule has 1 rings (SSSR count). The van der Waals surface area contributed by atoms with Crippen LogP contribution in [0.1, 0.15) is 20.3 Å². The van der Waals surface area contributed by atoms with Crippen molar-refractivity contribution < 1.29 is 4.79 Å². The Kier molecular flexibility index (Phi) is 2.29. The fourth-order valence-electron chi connectivity index (χ4n) is 1.42. The Bertz CT molecular complexity index is 208. The highest BCUT2D eigenvalue weighted by molar-refractivity contribution is 5.84. The molecule has 0 aromatic carbocycles. The molecular formula is C8H14N2O. The summed E-state index contributed by atoms with van der Waals surface area (Å²) in [5.74, 6) is 0.186. The van der Waals surface area contributed by atoms with Gasteiger partial charge in [0.05, 0.1) is 6.42 Å². The Morgan fingerprint density at radius 2 is 2.27 bits per heavy atom. The molecule has 0 atom stereocenters. The second-order valence-electron chi connectivity index (χ2n) is 2.71. The van der Waals surface area contributed by atoms with Crippen molar-refractivity contribution in [3.05, 3.63) is 11.3 Å². The lowest BCUT2D eigenvalue weighted by Gasteiger charge is -2.14. The minimum atomic E-state index is 0.186. The molecule has 0 spiro atoms. The van der Waals surface area contributed by atoms with Crippen LogP contribution in [-0.2, 0) is 4.79 Å². The van der Waals surface area contributed by atoms with Crippen molar-refractivity contribution in [3.63, 3.8) is 0 Å². The summed E-state index contributed by atoms with van der Waals surface area (Å²) in [7, 11) is 0. The molecule has 3 nitrogen and oxygen atoms in total. The van der Waals surface area contributed by atoms with Crippen LogP contribution in [0, 0.1) is 0 Å². The van der Waals surface area contributed by atoms with Crippen LogP contribution in [0.4, 0.5) is 0 Å². The van der Waals surface area contributed by atoms with E-state index in [4.69, 9.17) is 5.73 Å². The first-order valence-electron chi connectivity index (χ1n) is 3.89. The van der Waals surface area contributed by atoms with E-state index in [1.165, 1.54) is 0 Å². The number of hydrogen-bond acceptors (Lipinski definition) is 2. The quantitative estimate of drug-likeness (QED) is 0.628. The predicted octanol–water partition coefficient (Wildman–Crippen LogP) is 0.471. The van der Waals surface area contributed by atoms with Gasteiger partial charge in [-0.1, -0.05) is 0 Å². The lowest BCUT2D eigenvalue weighted by molar-refractivity contribution is -0.126. The molecule has 0 unspecified atom stereocenters. The van der Waals surface area contributed by atoms with Crippen LogP contribution >= 0.6 is 0 Å². The van der Waals surface area contributed by atoms with E-state index in [-0.39, 0.29) is 5.91 Å². The minimum absolute atomic E-state index is 0.186. The SMILES string of the molecule is CCN1C(=O)CC(CN)=C1C. The van der Waals surface area contributed by atoms with E-state index >= 15 is 0 Å². The molecule has 0 aromatic heterocycles. The van der Waals surface area contributed by atoms with Crippen LogP contribution in [0.3, 0.4) is 0 Å². The van der Waals surface area contributed by atoms with Crippen molar-refractivity contribution in [2.45, 2.75) is 20.3 Å². The summed E-state index contributed by atoms with van der Waals surface area (Å²) < 4.78 is 0. The number of rotatable bonds is 2.